The number of sulfone groups is 1. The highest BCUT2D eigenvalue weighted by Crippen LogP contribution is 2.22. The minimum absolute atomic E-state index is 0.0527. The first-order valence-electron chi connectivity index (χ1n) is 6.44. The van der Waals surface area contributed by atoms with Crippen LogP contribution in [0.15, 0.2) is 30.3 Å². The van der Waals surface area contributed by atoms with Crippen molar-refractivity contribution in [1.29, 1.82) is 0 Å². The van der Waals surface area contributed by atoms with Crippen LogP contribution in [0.4, 0.5) is 0 Å². The lowest BCUT2D eigenvalue weighted by atomic mass is 10.0. The number of carbonyl (C=O) groups is 1. The van der Waals surface area contributed by atoms with Crippen LogP contribution < -0.4 is 5.32 Å². The van der Waals surface area contributed by atoms with Gasteiger partial charge in [0.05, 0.1) is 17.0 Å². The maximum absolute atomic E-state index is 11.9. The molecule has 1 amide bonds. The second-order valence-electron chi connectivity index (χ2n) is 5.44. The third-order valence-electron chi connectivity index (χ3n) is 3.43. The highest BCUT2D eigenvalue weighted by molar-refractivity contribution is 7.91. The van der Waals surface area contributed by atoms with E-state index in [4.69, 9.17) is 0 Å². The topological polar surface area (TPSA) is 63.2 Å². The summed E-state index contributed by atoms with van der Waals surface area (Å²) in [5.41, 5.74) is 0.522. The van der Waals surface area contributed by atoms with Gasteiger partial charge in [-0.15, -0.1) is 0 Å². The van der Waals surface area contributed by atoms with Gasteiger partial charge in [0.2, 0.25) is 5.91 Å². The molecule has 1 atom stereocenters. The summed E-state index contributed by atoms with van der Waals surface area (Å²) in [6.45, 7) is 1.80. The van der Waals surface area contributed by atoms with Gasteiger partial charge in [-0.1, -0.05) is 30.3 Å². The molecule has 0 aromatic heterocycles. The normalized spacial score (nSPS) is 25.1. The minimum Gasteiger partial charge on any atom is -0.350 e. The molecule has 4 nitrogen and oxygen atoms in total. The summed E-state index contributed by atoms with van der Waals surface area (Å²) in [5, 5.41) is 2.86. The SMILES string of the molecule is CC1(NC(=O)CCc2ccccc2)CCS(=O)(=O)C1. The Labute approximate surface area is 114 Å². The van der Waals surface area contributed by atoms with Crippen LogP contribution in [-0.2, 0) is 21.1 Å². The molecule has 104 valence electrons. The zero-order chi connectivity index (χ0) is 13.9. The molecular weight excluding hydrogens is 262 g/mol. The van der Waals surface area contributed by atoms with Gasteiger partial charge >= 0.3 is 0 Å². The largest absolute Gasteiger partial charge is 0.350 e. The molecule has 1 fully saturated rings. The van der Waals surface area contributed by atoms with Crippen molar-refractivity contribution < 1.29 is 13.2 Å². The Morgan fingerprint density at radius 2 is 2.00 bits per heavy atom. The van der Waals surface area contributed by atoms with Crippen molar-refractivity contribution in [3.63, 3.8) is 0 Å². The van der Waals surface area contributed by atoms with E-state index in [1.165, 1.54) is 0 Å². The van der Waals surface area contributed by atoms with Gasteiger partial charge in [0.1, 0.15) is 0 Å². The van der Waals surface area contributed by atoms with E-state index in [-0.39, 0.29) is 17.4 Å². The number of aryl methyl sites for hydroxylation is 1. The number of benzene rings is 1. The second-order valence-corrected chi connectivity index (χ2v) is 7.62. The Morgan fingerprint density at radius 3 is 2.58 bits per heavy atom. The van der Waals surface area contributed by atoms with Crippen molar-refractivity contribution in [1.82, 2.24) is 5.32 Å². The van der Waals surface area contributed by atoms with Gasteiger partial charge in [0.25, 0.3) is 0 Å². The van der Waals surface area contributed by atoms with Gasteiger partial charge in [0.15, 0.2) is 9.84 Å². The summed E-state index contributed by atoms with van der Waals surface area (Å²) in [7, 11) is -2.98. The fraction of sp³-hybridized carbons (Fsp3) is 0.500. The Hall–Kier alpha value is -1.36. The van der Waals surface area contributed by atoms with Gasteiger partial charge in [-0.25, -0.2) is 8.42 Å². The first-order chi connectivity index (χ1) is 8.89. The lowest BCUT2D eigenvalue weighted by Gasteiger charge is -2.23. The monoisotopic (exact) mass is 281 g/mol. The Bertz CT molecular complexity index is 553. The second kappa shape index (κ2) is 5.33. The molecule has 0 bridgehead atoms. The van der Waals surface area contributed by atoms with E-state index in [0.29, 0.717) is 19.3 Å². The first-order valence-corrected chi connectivity index (χ1v) is 8.26. The summed E-state index contributed by atoms with van der Waals surface area (Å²) in [5.74, 6) is 0.142. The van der Waals surface area contributed by atoms with E-state index >= 15 is 0 Å². The minimum atomic E-state index is -2.98. The number of hydrogen-bond donors (Lipinski definition) is 1. The molecule has 19 heavy (non-hydrogen) atoms. The maximum Gasteiger partial charge on any atom is 0.220 e. The third kappa shape index (κ3) is 4.06. The lowest BCUT2D eigenvalue weighted by molar-refractivity contribution is -0.122. The van der Waals surface area contributed by atoms with Gasteiger partial charge in [-0.3, -0.25) is 4.79 Å². The van der Waals surface area contributed by atoms with Crippen LogP contribution in [0.2, 0.25) is 0 Å². The molecule has 1 aromatic rings. The van der Waals surface area contributed by atoms with Crippen molar-refractivity contribution in [2.45, 2.75) is 31.7 Å². The fourth-order valence-electron chi connectivity index (χ4n) is 2.41. The van der Waals surface area contributed by atoms with E-state index in [1.807, 2.05) is 30.3 Å². The molecule has 2 rings (SSSR count). The molecule has 0 radical (unpaired) electrons. The van der Waals surface area contributed by atoms with Gasteiger partial charge in [0, 0.05) is 6.42 Å². The molecule has 1 heterocycles. The smallest absolute Gasteiger partial charge is 0.220 e. The quantitative estimate of drug-likeness (QED) is 0.905. The number of carbonyl (C=O) groups excluding carboxylic acids is 1. The molecule has 0 saturated carbocycles. The molecule has 1 aromatic carbocycles. The number of rotatable bonds is 4. The van der Waals surface area contributed by atoms with Crippen molar-refractivity contribution >= 4 is 15.7 Å². The standard InChI is InChI=1S/C14H19NO3S/c1-14(9-10-19(17,18)11-14)15-13(16)8-7-12-5-3-2-4-6-12/h2-6H,7-11H2,1H3,(H,15,16). The molecule has 0 spiro atoms. The lowest BCUT2D eigenvalue weighted by Crippen LogP contribution is -2.47. The van der Waals surface area contributed by atoms with E-state index < -0.39 is 15.4 Å². The molecule has 0 aliphatic carbocycles. The van der Waals surface area contributed by atoms with Crippen molar-refractivity contribution in [2.75, 3.05) is 11.5 Å². The van der Waals surface area contributed by atoms with E-state index in [2.05, 4.69) is 5.32 Å². The van der Waals surface area contributed by atoms with Crippen molar-refractivity contribution in [2.24, 2.45) is 0 Å². The van der Waals surface area contributed by atoms with Crippen LogP contribution in [0.3, 0.4) is 0 Å². The highest BCUT2D eigenvalue weighted by Gasteiger charge is 2.39. The van der Waals surface area contributed by atoms with Crippen LogP contribution in [0.5, 0.6) is 0 Å². The number of hydrogen-bond acceptors (Lipinski definition) is 3. The third-order valence-corrected chi connectivity index (χ3v) is 5.33. The number of amides is 1. The molecule has 5 heteroatoms. The fourth-order valence-corrected chi connectivity index (χ4v) is 4.50. The predicted octanol–water partition coefficient (Wildman–Crippen LogP) is 1.31. The van der Waals surface area contributed by atoms with Crippen molar-refractivity contribution in [3.8, 4) is 0 Å². The molecular formula is C14H19NO3S. The molecule has 1 aliphatic heterocycles. The van der Waals surface area contributed by atoms with Crippen molar-refractivity contribution in [3.05, 3.63) is 35.9 Å². The predicted molar refractivity (Wildman–Crippen MR) is 74.6 cm³/mol. The molecule has 1 saturated heterocycles. The summed E-state index contributed by atoms with van der Waals surface area (Å²) in [6.07, 6.45) is 1.57. The van der Waals surface area contributed by atoms with Crippen LogP contribution in [-0.4, -0.2) is 31.4 Å². The van der Waals surface area contributed by atoms with Gasteiger partial charge in [-0.2, -0.15) is 0 Å². The molecule has 1 aliphatic rings. The van der Waals surface area contributed by atoms with Crippen LogP contribution in [0.25, 0.3) is 0 Å². The van der Waals surface area contributed by atoms with E-state index in [0.717, 1.165) is 5.56 Å². The average molecular weight is 281 g/mol. The molecule has 1 N–H and O–H groups in total. The first kappa shape index (κ1) is 14.1. The summed E-state index contributed by atoms with van der Waals surface area (Å²) in [6, 6.07) is 9.79. The summed E-state index contributed by atoms with van der Waals surface area (Å²) in [4.78, 5) is 11.9. The van der Waals surface area contributed by atoms with Gasteiger partial charge < -0.3 is 5.32 Å². The zero-order valence-corrected chi connectivity index (χ0v) is 11.9. The van der Waals surface area contributed by atoms with Crippen LogP contribution >= 0.6 is 0 Å². The Balaban J connectivity index is 1.85. The molecule has 1 unspecified atom stereocenters. The Kier molecular flexibility index (Phi) is 3.94. The van der Waals surface area contributed by atoms with Crippen LogP contribution in [0.1, 0.15) is 25.3 Å². The summed E-state index contributed by atoms with van der Waals surface area (Å²) < 4.78 is 22.9. The number of nitrogens with one attached hydrogen (secondary N) is 1. The zero-order valence-electron chi connectivity index (χ0n) is 11.1. The Morgan fingerprint density at radius 1 is 1.32 bits per heavy atom. The van der Waals surface area contributed by atoms with E-state index in [9.17, 15) is 13.2 Å². The van der Waals surface area contributed by atoms with Gasteiger partial charge in [-0.05, 0) is 25.3 Å². The van der Waals surface area contributed by atoms with Crippen LogP contribution in [0, 0.1) is 0 Å². The maximum atomic E-state index is 11.9. The summed E-state index contributed by atoms with van der Waals surface area (Å²) >= 11 is 0. The average Bonchev–Trinajstić information content (AvgIpc) is 2.62. The highest BCUT2D eigenvalue weighted by atomic mass is 32.2. The van der Waals surface area contributed by atoms with E-state index in [1.54, 1.807) is 6.92 Å².